The van der Waals surface area contributed by atoms with Gasteiger partial charge in [-0.3, -0.25) is 0 Å². The molecular formula is C16H17BrN4. The van der Waals surface area contributed by atoms with Crippen LogP contribution in [0.2, 0.25) is 0 Å². The number of fused-ring (bicyclic) bond motifs is 1. The van der Waals surface area contributed by atoms with E-state index < -0.39 is 0 Å². The lowest BCUT2D eigenvalue weighted by Gasteiger charge is -2.13. The predicted molar refractivity (Wildman–Crippen MR) is 88.5 cm³/mol. The molecule has 1 N–H and O–H groups in total. The lowest BCUT2D eigenvalue weighted by Crippen LogP contribution is -2.08. The summed E-state index contributed by atoms with van der Waals surface area (Å²) in [6, 6.07) is 12.7. The van der Waals surface area contributed by atoms with Crippen molar-refractivity contribution < 1.29 is 0 Å². The molecule has 3 aromatic rings. The van der Waals surface area contributed by atoms with Crippen molar-refractivity contribution in [2.75, 3.05) is 5.32 Å². The van der Waals surface area contributed by atoms with Crippen LogP contribution in [0.15, 0.2) is 47.1 Å². The minimum Gasteiger partial charge on any atom is -0.346 e. The van der Waals surface area contributed by atoms with Crippen LogP contribution in [0.3, 0.4) is 0 Å². The summed E-state index contributed by atoms with van der Waals surface area (Å²) in [6.07, 6.45) is 2.96. The van der Waals surface area contributed by atoms with Gasteiger partial charge in [0, 0.05) is 10.7 Å². The molecule has 0 amide bonds. The monoisotopic (exact) mass is 344 g/mol. The lowest BCUT2D eigenvalue weighted by molar-refractivity contribution is 0.851. The molecule has 0 saturated carbocycles. The van der Waals surface area contributed by atoms with E-state index in [1.165, 1.54) is 11.1 Å². The van der Waals surface area contributed by atoms with Crippen molar-refractivity contribution in [2.45, 2.75) is 26.3 Å². The maximum absolute atomic E-state index is 4.47. The minimum atomic E-state index is 0.164. The van der Waals surface area contributed by atoms with Gasteiger partial charge < -0.3 is 5.32 Å². The number of hydrogen-bond acceptors (Lipinski definition) is 3. The number of halogens is 1. The van der Waals surface area contributed by atoms with Crippen LogP contribution >= 0.6 is 15.9 Å². The Morgan fingerprint density at radius 2 is 1.95 bits per heavy atom. The van der Waals surface area contributed by atoms with Crippen molar-refractivity contribution >= 4 is 27.5 Å². The third kappa shape index (κ3) is 3.08. The second-order valence-electron chi connectivity index (χ2n) is 5.05. The number of anilines is 1. The topological polar surface area (TPSA) is 42.2 Å². The van der Waals surface area contributed by atoms with E-state index in [0.717, 1.165) is 16.5 Å². The molecule has 1 atom stereocenters. The molecule has 5 heteroatoms. The number of aryl methyl sites for hydroxylation is 1. The van der Waals surface area contributed by atoms with Crippen LogP contribution in [0.4, 0.5) is 5.95 Å². The molecule has 108 valence electrons. The molecule has 0 fully saturated rings. The van der Waals surface area contributed by atoms with Gasteiger partial charge in [-0.05, 0) is 52.5 Å². The van der Waals surface area contributed by atoms with E-state index >= 15 is 0 Å². The Bertz CT molecular complexity index is 749. The van der Waals surface area contributed by atoms with E-state index in [1.54, 1.807) is 4.52 Å². The standard InChI is InChI=1S/C16H17BrN4/c1-3-12-4-6-13(7-5-12)11(2)18-16-19-15-9-8-14(17)10-21(15)20-16/h4-11H,3H2,1-2H3,(H,18,20). The van der Waals surface area contributed by atoms with Gasteiger partial charge in [0.15, 0.2) is 5.65 Å². The number of rotatable bonds is 4. The molecule has 2 aromatic heterocycles. The van der Waals surface area contributed by atoms with E-state index in [4.69, 9.17) is 0 Å². The van der Waals surface area contributed by atoms with Crippen molar-refractivity contribution in [1.29, 1.82) is 0 Å². The molecule has 1 aromatic carbocycles. The highest BCUT2D eigenvalue weighted by atomic mass is 79.9. The third-order valence-corrected chi connectivity index (χ3v) is 4.00. The second kappa shape index (κ2) is 5.85. The molecule has 0 radical (unpaired) electrons. The van der Waals surface area contributed by atoms with Crippen LogP contribution in [0.25, 0.3) is 5.65 Å². The molecule has 21 heavy (non-hydrogen) atoms. The average molecular weight is 345 g/mol. The summed E-state index contributed by atoms with van der Waals surface area (Å²) in [5, 5.41) is 7.78. The van der Waals surface area contributed by atoms with Crippen molar-refractivity contribution in [3.63, 3.8) is 0 Å². The first-order valence-electron chi connectivity index (χ1n) is 7.03. The maximum Gasteiger partial charge on any atom is 0.243 e. The molecule has 0 bridgehead atoms. The summed E-state index contributed by atoms with van der Waals surface area (Å²) < 4.78 is 2.74. The molecule has 0 aliphatic rings. The normalized spacial score (nSPS) is 12.5. The first kappa shape index (κ1) is 14.1. The van der Waals surface area contributed by atoms with Gasteiger partial charge in [-0.15, -0.1) is 5.10 Å². The second-order valence-corrected chi connectivity index (χ2v) is 5.96. The van der Waals surface area contributed by atoms with Crippen LogP contribution in [-0.2, 0) is 6.42 Å². The Labute approximate surface area is 132 Å². The van der Waals surface area contributed by atoms with Crippen molar-refractivity contribution in [2.24, 2.45) is 0 Å². The van der Waals surface area contributed by atoms with Crippen molar-refractivity contribution in [3.05, 3.63) is 58.2 Å². The van der Waals surface area contributed by atoms with Crippen molar-refractivity contribution in [1.82, 2.24) is 14.6 Å². The van der Waals surface area contributed by atoms with E-state index in [0.29, 0.717) is 5.95 Å². The number of nitrogens with zero attached hydrogens (tertiary/aromatic N) is 3. The van der Waals surface area contributed by atoms with Crippen molar-refractivity contribution in [3.8, 4) is 0 Å². The molecule has 0 saturated heterocycles. The highest BCUT2D eigenvalue weighted by Gasteiger charge is 2.09. The van der Waals surface area contributed by atoms with Crippen LogP contribution in [0, 0.1) is 0 Å². The summed E-state index contributed by atoms with van der Waals surface area (Å²) in [4.78, 5) is 4.47. The fraction of sp³-hybridized carbons (Fsp3) is 0.250. The van der Waals surface area contributed by atoms with Crippen LogP contribution in [0.1, 0.15) is 31.0 Å². The molecule has 0 aliphatic heterocycles. The SMILES string of the molecule is CCc1ccc(C(C)Nc2nc3ccc(Br)cn3n2)cc1. The van der Waals surface area contributed by atoms with Crippen LogP contribution in [-0.4, -0.2) is 14.6 Å². The molecule has 4 nitrogen and oxygen atoms in total. The Balaban J connectivity index is 1.79. The lowest BCUT2D eigenvalue weighted by atomic mass is 10.1. The van der Waals surface area contributed by atoms with E-state index in [-0.39, 0.29) is 6.04 Å². The molecule has 0 spiro atoms. The third-order valence-electron chi connectivity index (χ3n) is 3.53. The number of benzene rings is 1. The zero-order chi connectivity index (χ0) is 14.8. The average Bonchev–Trinajstić information content (AvgIpc) is 2.88. The number of hydrogen-bond donors (Lipinski definition) is 1. The zero-order valence-corrected chi connectivity index (χ0v) is 13.6. The molecule has 0 aliphatic carbocycles. The highest BCUT2D eigenvalue weighted by Crippen LogP contribution is 2.19. The van der Waals surface area contributed by atoms with Crippen LogP contribution < -0.4 is 5.32 Å². The fourth-order valence-electron chi connectivity index (χ4n) is 2.24. The highest BCUT2D eigenvalue weighted by molar-refractivity contribution is 9.10. The van der Waals surface area contributed by atoms with Gasteiger partial charge in [0.25, 0.3) is 0 Å². The summed E-state index contributed by atoms with van der Waals surface area (Å²) in [5.74, 6) is 0.639. The quantitative estimate of drug-likeness (QED) is 0.770. The summed E-state index contributed by atoms with van der Waals surface area (Å²) >= 11 is 3.43. The maximum atomic E-state index is 4.47. The smallest absolute Gasteiger partial charge is 0.243 e. The number of nitrogens with one attached hydrogen (secondary N) is 1. The summed E-state index contributed by atoms with van der Waals surface area (Å²) in [7, 11) is 0. The van der Waals surface area contributed by atoms with Gasteiger partial charge in [-0.25, -0.2) is 4.52 Å². The van der Waals surface area contributed by atoms with Gasteiger partial charge in [0.2, 0.25) is 5.95 Å². The largest absolute Gasteiger partial charge is 0.346 e. The Morgan fingerprint density at radius 1 is 1.19 bits per heavy atom. The zero-order valence-electron chi connectivity index (χ0n) is 12.0. The van der Waals surface area contributed by atoms with Gasteiger partial charge in [-0.1, -0.05) is 31.2 Å². The Kier molecular flexibility index (Phi) is 3.92. The van der Waals surface area contributed by atoms with E-state index in [2.05, 4.69) is 69.4 Å². The minimum absolute atomic E-state index is 0.164. The molecular weight excluding hydrogens is 328 g/mol. The Morgan fingerprint density at radius 3 is 2.67 bits per heavy atom. The first-order chi connectivity index (χ1) is 10.2. The molecule has 3 rings (SSSR count). The van der Waals surface area contributed by atoms with Gasteiger partial charge in [0.1, 0.15) is 0 Å². The Hall–Kier alpha value is -1.88. The number of aromatic nitrogens is 3. The number of pyridine rings is 1. The van der Waals surface area contributed by atoms with Gasteiger partial charge in [0.05, 0.1) is 6.04 Å². The molecule has 1 unspecified atom stereocenters. The molecule has 2 heterocycles. The summed E-state index contributed by atoms with van der Waals surface area (Å²) in [6.45, 7) is 4.28. The summed E-state index contributed by atoms with van der Waals surface area (Å²) in [5.41, 5.74) is 3.41. The van der Waals surface area contributed by atoms with Gasteiger partial charge >= 0.3 is 0 Å². The first-order valence-corrected chi connectivity index (χ1v) is 7.82. The van der Waals surface area contributed by atoms with E-state index in [1.807, 2.05) is 18.3 Å². The van der Waals surface area contributed by atoms with Gasteiger partial charge in [-0.2, -0.15) is 4.98 Å². The fourth-order valence-corrected chi connectivity index (χ4v) is 2.56. The van der Waals surface area contributed by atoms with Crippen LogP contribution in [0.5, 0.6) is 0 Å². The predicted octanol–water partition coefficient (Wildman–Crippen LogP) is 4.23. The van der Waals surface area contributed by atoms with E-state index in [9.17, 15) is 0 Å².